The minimum Gasteiger partial charge on any atom is -0.481 e. The van der Waals surface area contributed by atoms with Crippen LogP contribution >= 0.6 is 11.6 Å². The Labute approximate surface area is 141 Å². The van der Waals surface area contributed by atoms with Crippen LogP contribution in [0.25, 0.3) is 0 Å². The zero-order valence-electron chi connectivity index (χ0n) is 13.0. The van der Waals surface area contributed by atoms with E-state index in [9.17, 15) is 9.59 Å². The Morgan fingerprint density at radius 1 is 1.04 bits per heavy atom. The first kappa shape index (κ1) is 16.3. The average molecular weight is 336 g/mol. The van der Waals surface area contributed by atoms with E-state index in [2.05, 4.69) is 5.32 Å². The van der Waals surface area contributed by atoms with Crippen molar-refractivity contribution < 1.29 is 14.7 Å². The number of aliphatic carboxylic acids is 1. The number of carbonyl (C=O) groups is 2. The number of rotatable bonds is 5. The number of hydrogen-bond acceptors (Lipinski definition) is 2. The molecular formula is C18H22ClNO3. The zero-order valence-corrected chi connectivity index (χ0v) is 13.8. The molecule has 0 aliphatic heterocycles. The molecule has 2 fully saturated rings. The van der Waals surface area contributed by atoms with Gasteiger partial charge in [0.25, 0.3) is 0 Å². The van der Waals surface area contributed by atoms with Gasteiger partial charge in [0.05, 0.1) is 17.9 Å². The highest BCUT2D eigenvalue weighted by Gasteiger charge is 2.42. The highest BCUT2D eigenvalue weighted by atomic mass is 35.5. The molecule has 0 spiro atoms. The molecule has 5 heteroatoms. The smallest absolute Gasteiger partial charge is 0.307 e. The Hall–Kier alpha value is -1.55. The fourth-order valence-corrected chi connectivity index (χ4v) is 3.93. The van der Waals surface area contributed by atoms with Crippen LogP contribution in [0.1, 0.15) is 50.1 Å². The fourth-order valence-electron chi connectivity index (χ4n) is 3.80. The first-order chi connectivity index (χ1) is 11.1. The van der Waals surface area contributed by atoms with Gasteiger partial charge in [0.15, 0.2) is 0 Å². The van der Waals surface area contributed by atoms with Crippen LogP contribution in [-0.2, 0) is 9.59 Å². The number of carbonyl (C=O) groups excluding carboxylic acids is 1. The molecule has 3 rings (SSSR count). The molecule has 2 aliphatic rings. The number of hydrogen-bond donors (Lipinski definition) is 2. The highest BCUT2D eigenvalue weighted by Crippen LogP contribution is 2.39. The van der Waals surface area contributed by atoms with Crippen LogP contribution in [-0.4, -0.2) is 17.0 Å². The summed E-state index contributed by atoms with van der Waals surface area (Å²) in [7, 11) is 0. The Kier molecular flexibility index (Phi) is 4.90. The molecule has 0 saturated heterocycles. The maximum absolute atomic E-state index is 12.5. The van der Waals surface area contributed by atoms with Gasteiger partial charge in [0.1, 0.15) is 0 Å². The second-order valence-corrected chi connectivity index (χ2v) is 7.15. The predicted molar refractivity (Wildman–Crippen MR) is 88.1 cm³/mol. The number of carboxylic acid groups (broad SMARTS) is 1. The molecule has 0 bridgehead atoms. The molecule has 3 atom stereocenters. The van der Waals surface area contributed by atoms with Crippen molar-refractivity contribution in [3.63, 3.8) is 0 Å². The van der Waals surface area contributed by atoms with Crippen molar-refractivity contribution in [1.29, 1.82) is 0 Å². The van der Waals surface area contributed by atoms with Crippen molar-refractivity contribution in [2.75, 3.05) is 0 Å². The van der Waals surface area contributed by atoms with Crippen LogP contribution in [0.15, 0.2) is 24.3 Å². The summed E-state index contributed by atoms with van der Waals surface area (Å²) in [5.74, 6) is -1.47. The van der Waals surface area contributed by atoms with Gasteiger partial charge < -0.3 is 10.4 Å². The standard InChI is InChI=1S/C18H22ClNO3/c19-13-7-5-12(6-8-13)16(11-3-1-2-4-11)20-17(21)14-9-10-15(14)18(22)23/h5-8,11,14-16H,1-4,9-10H2,(H,20,21)(H,22,23). The highest BCUT2D eigenvalue weighted by molar-refractivity contribution is 6.30. The van der Waals surface area contributed by atoms with Gasteiger partial charge in [-0.3, -0.25) is 9.59 Å². The van der Waals surface area contributed by atoms with E-state index < -0.39 is 11.9 Å². The van der Waals surface area contributed by atoms with Crippen LogP contribution in [0.5, 0.6) is 0 Å². The van der Waals surface area contributed by atoms with Gasteiger partial charge in [-0.2, -0.15) is 0 Å². The van der Waals surface area contributed by atoms with E-state index in [1.54, 1.807) is 0 Å². The third-order valence-corrected chi connectivity index (χ3v) is 5.58. The van der Waals surface area contributed by atoms with Gasteiger partial charge in [0.2, 0.25) is 5.91 Å². The lowest BCUT2D eigenvalue weighted by Crippen LogP contribution is -2.46. The molecule has 1 aromatic carbocycles. The molecule has 0 heterocycles. The lowest BCUT2D eigenvalue weighted by Gasteiger charge is -2.34. The van der Waals surface area contributed by atoms with Crippen LogP contribution < -0.4 is 5.32 Å². The molecule has 1 aromatic rings. The molecule has 1 amide bonds. The minimum atomic E-state index is -0.861. The lowest BCUT2D eigenvalue weighted by molar-refractivity contribution is -0.153. The maximum Gasteiger partial charge on any atom is 0.307 e. The SMILES string of the molecule is O=C(O)C1CCC1C(=O)NC(c1ccc(Cl)cc1)C1CCCC1. The van der Waals surface area contributed by atoms with Gasteiger partial charge in [-0.1, -0.05) is 36.6 Å². The predicted octanol–water partition coefficient (Wildman–Crippen LogP) is 3.80. The monoisotopic (exact) mass is 335 g/mol. The van der Waals surface area contributed by atoms with E-state index in [-0.39, 0.29) is 17.9 Å². The molecule has 23 heavy (non-hydrogen) atoms. The van der Waals surface area contributed by atoms with Gasteiger partial charge in [-0.25, -0.2) is 0 Å². The molecule has 2 aliphatic carbocycles. The Bertz CT molecular complexity index is 580. The minimum absolute atomic E-state index is 0.0442. The Morgan fingerprint density at radius 3 is 2.17 bits per heavy atom. The number of halogens is 1. The molecular weight excluding hydrogens is 314 g/mol. The molecule has 2 N–H and O–H groups in total. The number of amides is 1. The van der Waals surface area contributed by atoms with Gasteiger partial charge >= 0.3 is 5.97 Å². The summed E-state index contributed by atoms with van der Waals surface area (Å²) in [6, 6.07) is 7.56. The lowest BCUT2D eigenvalue weighted by atomic mass is 9.73. The van der Waals surface area contributed by atoms with Gasteiger partial charge in [-0.05, 0) is 49.3 Å². The topological polar surface area (TPSA) is 66.4 Å². The average Bonchev–Trinajstić information content (AvgIpc) is 2.98. The quantitative estimate of drug-likeness (QED) is 0.860. The molecule has 4 nitrogen and oxygen atoms in total. The van der Waals surface area contributed by atoms with E-state index >= 15 is 0 Å². The third-order valence-electron chi connectivity index (χ3n) is 5.33. The summed E-state index contributed by atoms with van der Waals surface area (Å²) < 4.78 is 0. The van der Waals surface area contributed by atoms with Gasteiger partial charge in [0, 0.05) is 5.02 Å². The largest absolute Gasteiger partial charge is 0.481 e. The molecule has 2 saturated carbocycles. The molecule has 124 valence electrons. The zero-order chi connectivity index (χ0) is 16.4. The number of nitrogens with one attached hydrogen (secondary N) is 1. The third kappa shape index (κ3) is 3.52. The van der Waals surface area contributed by atoms with Crippen molar-refractivity contribution >= 4 is 23.5 Å². The normalized spacial score (nSPS) is 25.6. The number of benzene rings is 1. The van der Waals surface area contributed by atoms with Crippen molar-refractivity contribution in [1.82, 2.24) is 5.32 Å². The fraction of sp³-hybridized carbons (Fsp3) is 0.556. The second-order valence-electron chi connectivity index (χ2n) is 6.71. The van der Waals surface area contributed by atoms with Crippen LogP contribution in [0, 0.1) is 17.8 Å². The summed E-state index contributed by atoms with van der Waals surface area (Å²) in [6.45, 7) is 0. The first-order valence-corrected chi connectivity index (χ1v) is 8.72. The summed E-state index contributed by atoms with van der Waals surface area (Å²) in [4.78, 5) is 23.7. The maximum atomic E-state index is 12.5. The molecule has 0 radical (unpaired) electrons. The van der Waals surface area contributed by atoms with E-state index in [4.69, 9.17) is 16.7 Å². The van der Waals surface area contributed by atoms with Crippen LogP contribution in [0.4, 0.5) is 0 Å². The second kappa shape index (κ2) is 6.91. The summed E-state index contributed by atoms with van der Waals surface area (Å²) in [5.41, 5.74) is 1.06. The summed E-state index contributed by atoms with van der Waals surface area (Å²) in [6.07, 6.45) is 5.84. The van der Waals surface area contributed by atoms with Crippen LogP contribution in [0.3, 0.4) is 0 Å². The van der Waals surface area contributed by atoms with E-state index in [0.717, 1.165) is 18.4 Å². The van der Waals surface area contributed by atoms with Gasteiger partial charge in [-0.15, -0.1) is 0 Å². The van der Waals surface area contributed by atoms with E-state index in [1.165, 1.54) is 12.8 Å². The van der Waals surface area contributed by atoms with Crippen molar-refractivity contribution in [3.8, 4) is 0 Å². The summed E-state index contributed by atoms with van der Waals surface area (Å²) >= 11 is 5.97. The first-order valence-electron chi connectivity index (χ1n) is 8.35. The molecule has 0 aromatic heterocycles. The summed E-state index contributed by atoms with van der Waals surface area (Å²) in [5, 5.41) is 13.0. The number of carboxylic acids is 1. The van der Waals surface area contributed by atoms with Crippen molar-refractivity contribution in [2.24, 2.45) is 17.8 Å². The Balaban J connectivity index is 1.74. The van der Waals surface area contributed by atoms with Crippen molar-refractivity contribution in [3.05, 3.63) is 34.9 Å². The molecule has 3 unspecified atom stereocenters. The van der Waals surface area contributed by atoms with E-state index in [1.807, 2.05) is 24.3 Å². The van der Waals surface area contributed by atoms with Crippen LogP contribution in [0.2, 0.25) is 5.02 Å². The Morgan fingerprint density at radius 2 is 1.65 bits per heavy atom. The van der Waals surface area contributed by atoms with E-state index in [0.29, 0.717) is 23.8 Å². The van der Waals surface area contributed by atoms with Crippen molar-refractivity contribution in [2.45, 2.75) is 44.6 Å².